The average molecular weight is 239 g/mol. The lowest BCUT2D eigenvalue weighted by Gasteiger charge is -2.33. The molecule has 0 spiro atoms. The quantitative estimate of drug-likeness (QED) is 0.750. The van der Waals surface area contributed by atoms with Gasteiger partial charge in [0.05, 0.1) is 0 Å². The highest BCUT2D eigenvalue weighted by molar-refractivity contribution is 5.85. The standard InChI is InChI=1S/C14H25NO2/c1-4-12-5-7-13(8-6-12)15(3)10-9-11(2)14(16)17/h9,12-13H,4-8,10H2,1-3H3,(H,16,17). The molecule has 1 saturated carbocycles. The number of carbonyl (C=O) groups is 1. The molecular weight excluding hydrogens is 214 g/mol. The molecule has 3 nitrogen and oxygen atoms in total. The number of nitrogens with zero attached hydrogens (tertiary/aromatic N) is 1. The van der Waals surface area contributed by atoms with E-state index >= 15 is 0 Å². The van der Waals surface area contributed by atoms with Crippen LogP contribution in [0.2, 0.25) is 0 Å². The first-order chi connectivity index (χ1) is 8.04. The average Bonchev–Trinajstić information content (AvgIpc) is 2.35. The third-order valence-electron chi connectivity index (χ3n) is 4.04. The van der Waals surface area contributed by atoms with Crippen molar-refractivity contribution < 1.29 is 9.90 Å². The Bertz CT molecular complexity index is 278. The number of carboxylic acid groups (broad SMARTS) is 1. The summed E-state index contributed by atoms with van der Waals surface area (Å²) in [6.07, 6.45) is 8.28. The summed E-state index contributed by atoms with van der Waals surface area (Å²) in [5.74, 6) is 0.101. The highest BCUT2D eigenvalue weighted by Gasteiger charge is 2.22. The Labute approximate surface area is 105 Å². The summed E-state index contributed by atoms with van der Waals surface area (Å²) in [6.45, 7) is 4.68. The molecule has 0 aromatic carbocycles. The maximum Gasteiger partial charge on any atom is 0.330 e. The summed E-state index contributed by atoms with van der Waals surface area (Å²) in [5, 5.41) is 8.79. The molecule has 1 rings (SSSR count). The van der Waals surface area contributed by atoms with Crippen LogP contribution < -0.4 is 0 Å². The van der Waals surface area contributed by atoms with Crippen molar-refractivity contribution in [2.45, 2.75) is 52.0 Å². The molecule has 0 aliphatic heterocycles. The second-order valence-corrected chi connectivity index (χ2v) is 5.21. The van der Waals surface area contributed by atoms with E-state index < -0.39 is 5.97 Å². The van der Waals surface area contributed by atoms with E-state index in [-0.39, 0.29) is 0 Å². The number of hydrogen-bond donors (Lipinski definition) is 1. The fourth-order valence-electron chi connectivity index (χ4n) is 2.51. The van der Waals surface area contributed by atoms with Crippen molar-refractivity contribution in [1.29, 1.82) is 0 Å². The zero-order chi connectivity index (χ0) is 12.8. The molecular formula is C14H25NO2. The van der Waals surface area contributed by atoms with E-state index in [2.05, 4.69) is 18.9 Å². The molecule has 1 N–H and O–H groups in total. The van der Waals surface area contributed by atoms with E-state index in [9.17, 15) is 4.79 Å². The fourth-order valence-corrected chi connectivity index (χ4v) is 2.51. The highest BCUT2D eigenvalue weighted by atomic mass is 16.4. The lowest BCUT2D eigenvalue weighted by molar-refractivity contribution is -0.132. The Morgan fingerprint density at radius 3 is 2.41 bits per heavy atom. The molecule has 0 aromatic heterocycles. The Morgan fingerprint density at radius 2 is 1.94 bits per heavy atom. The molecule has 1 fully saturated rings. The highest BCUT2D eigenvalue weighted by Crippen LogP contribution is 2.28. The maximum atomic E-state index is 10.7. The van der Waals surface area contributed by atoms with Gasteiger partial charge in [0.1, 0.15) is 0 Å². The van der Waals surface area contributed by atoms with Crippen molar-refractivity contribution in [1.82, 2.24) is 4.90 Å². The van der Waals surface area contributed by atoms with Crippen LogP contribution in [0.5, 0.6) is 0 Å². The predicted octanol–water partition coefficient (Wildman–Crippen LogP) is 2.92. The molecule has 0 atom stereocenters. The first kappa shape index (κ1) is 14.2. The van der Waals surface area contributed by atoms with Gasteiger partial charge < -0.3 is 5.11 Å². The van der Waals surface area contributed by atoms with E-state index in [1.165, 1.54) is 32.1 Å². The SMILES string of the molecule is CCC1CCC(N(C)CC=C(C)C(=O)O)CC1. The third-order valence-corrected chi connectivity index (χ3v) is 4.04. The van der Waals surface area contributed by atoms with Gasteiger partial charge in [0, 0.05) is 18.2 Å². The van der Waals surface area contributed by atoms with E-state index in [0.717, 1.165) is 12.5 Å². The lowest BCUT2D eigenvalue weighted by Crippen LogP contribution is -2.35. The lowest BCUT2D eigenvalue weighted by atomic mass is 9.84. The number of hydrogen-bond acceptors (Lipinski definition) is 2. The van der Waals surface area contributed by atoms with Crippen molar-refractivity contribution in [3.05, 3.63) is 11.6 Å². The number of aliphatic carboxylic acids is 1. The topological polar surface area (TPSA) is 40.5 Å². The van der Waals surface area contributed by atoms with Crippen LogP contribution in [0.1, 0.15) is 46.0 Å². The van der Waals surface area contributed by atoms with Gasteiger partial charge in [-0.1, -0.05) is 19.4 Å². The van der Waals surface area contributed by atoms with Crippen molar-refractivity contribution in [3.8, 4) is 0 Å². The Kier molecular flexibility index (Phi) is 5.69. The van der Waals surface area contributed by atoms with Crippen LogP contribution >= 0.6 is 0 Å². The van der Waals surface area contributed by atoms with Gasteiger partial charge in [-0.05, 0) is 45.6 Å². The van der Waals surface area contributed by atoms with Gasteiger partial charge in [0.15, 0.2) is 0 Å². The monoisotopic (exact) mass is 239 g/mol. The van der Waals surface area contributed by atoms with Crippen molar-refractivity contribution in [2.75, 3.05) is 13.6 Å². The van der Waals surface area contributed by atoms with Gasteiger partial charge in [-0.3, -0.25) is 4.90 Å². The van der Waals surface area contributed by atoms with E-state index in [1.807, 2.05) is 6.08 Å². The molecule has 1 aliphatic rings. The molecule has 3 heteroatoms. The molecule has 0 bridgehead atoms. The van der Waals surface area contributed by atoms with E-state index in [0.29, 0.717) is 11.6 Å². The van der Waals surface area contributed by atoms with Gasteiger partial charge in [-0.15, -0.1) is 0 Å². The van der Waals surface area contributed by atoms with Gasteiger partial charge in [-0.25, -0.2) is 4.79 Å². The molecule has 0 saturated heterocycles. The normalized spacial score (nSPS) is 26.2. The minimum atomic E-state index is -0.812. The van der Waals surface area contributed by atoms with Crippen molar-refractivity contribution >= 4 is 5.97 Å². The van der Waals surface area contributed by atoms with E-state index in [1.54, 1.807) is 6.92 Å². The summed E-state index contributed by atoms with van der Waals surface area (Å²) in [4.78, 5) is 13.0. The van der Waals surface area contributed by atoms with Crippen LogP contribution in [0.4, 0.5) is 0 Å². The number of rotatable bonds is 5. The zero-order valence-corrected chi connectivity index (χ0v) is 11.3. The van der Waals surface area contributed by atoms with E-state index in [4.69, 9.17) is 5.11 Å². The molecule has 0 heterocycles. The minimum Gasteiger partial charge on any atom is -0.478 e. The van der Waals surface area contributed by atoms with Gasteiger partial charge in [-0.2, -0.15) is 0 Å². The molecule has 0 radical (unpaired) electrons. The van der Waals surface area contributed by atoms with Crippen LogP contribution in [-0.2, 0) is 4.79 Å². The van der Waals surface area contributed by atoms with Gasteiger partial charge in [0.25, 0.3) is 0 Å². The summed E-state index contributed by atoms with van der Waals surface area (Å²) < 4.78 is 0. The molecule has 0 aromatic rings. The van der Waals surface area contributed by atoms with Crippen LogP contribution in [0.25, 0.3) is 0 Å². The minimum absolute atomic E-state index is 0.444. The molecule has 0 amide bonds. The molecule has 1 aliphatic carbocycles. The Hall–Kier alpha value is -0.830. The fraction of sp³-hybridized carbons (Fsp3) is 0.786. The van der Waals surface area contributed by atoms with Crippen molar-refractivity contribution in [2.24, 2.45) is 5.92 Å². The molecule has 98 valence electrons. The first-order valence-corrected chi connectivity index (χ1v) is 6.64. The predicted molar refractivity (Wildman–Crippen MR) is 70.1 cm³/mol. The largest absolute Gasteiger partial charge is 0.478 e. The van der Waals surface area contributed by atoms with Crippen LogP contribution in [-0.4, -0.2) is 35.6 Å². The van der Waals surface area contributed by atoms with Crippen LogP contribution in [0.15, 0.2) is 11.6 Å². The summed E-state index contributed by atoms with van der Waals surface area (Å²) in [6, 6.07) is 0.635. The second-order valence-electron chi connectivity index (χ2n) is 5.21. The maximum absolute atomic E-state index is 10.7. The summed E-state index contributed by atoms with van der Waals surface area (Å²) >= 11 is 0. The molecule has 17 heavy (non-hydrogen) atoms. The summed E-state index contributed by atoms with van der Waals surface area (Å²) in [5.41, 5.74) is 0.444. The van der Waals surface area contributed by atoms with Gasteiger partial charge in [0.2, 0.25) is 0 Å². The summed E-state index contributed by atoms with van der Waals surface area (Å²) in [7, 11) is 2.10. The number of carboxylic acids is 1. The van der Waals surface area contributed by atoms with Crippen molar-refractivity contribution in [3.63, 3.8) is 0 Å². The second kappa shape index (κ2) is 6.80. The van der Waals surface area contributed by atoms with Crippen LogP contribution in [0, 0.1) is 5.92 Å². The third kappa shape index (κ3) is 4.50. The first-order valence-electron chi connectivity index (χ1n) is 6.64. The van der Waals surface area contributed by atoms with Crippen LogP contribution in [0.3, 0.4) is 0 Å². The number of likely N-dealkylation sites (N-methyl/N-ethyl adjacent to an activating group) is 1. The Morgan fingerprint density at radius 1 is 1.35 bits per heavy atom. The zero-order valence-electron chi connectivity index (χ0n) is 11.3. The smallest absolute Gasteiger partial charge is 0.330 e. The molecule has 0 unspecified atom stereocenters. The van der Waals surface area contributed by atoms with Gasteiger partial charge >= 0.3 is 5.97 Å². The Balaban J connectivity index is 2.36.